The Morgan fingerprint density at radius 2 is 1.82 bits per heavy atom. The molecule has 1 saturated heterocycles. The molecule has 2 aromatic rings. The smallest absolute Gasteiger partial charge is 0.342 e. The minimum Gasteiger partial charge on any atom is -0.483 e. The highest BCUT2D eigenvalue weighted by Crippen LogP contribution is 2.26. The highest BCUT2D eigenvalue weighted by molar-refractivity contribution is 7.99. The van der Waals surface area contributed by atoms with Crippen molar-refractivity contribution in [2.75, 3.05) is 31.6 Å². The van der Waals surface area contributed by atoms with Gasteiger partial charge in [-0.25, -0.2) is 9.59 Å². The topological polar surface area (TPSA) is 114 Å². The van der Waals surface area contributed by atoms with Crippen molar-refractivity contribution in [1.82, 2.24) is 10.2 Å². The fourth-order valence-electron chi connectivity index (χ4n) is 2.81. The number of para-hydroxylation sites is 1. The molecule has 0 saturated carbocycles. The van der Waals surface area contributed by atoms with Crippen molar-refractivity contribution in [3.8, 4) is 5.75 Å². The van der Waals surface area contributed by atoms with E-state index in [-0.39, 0.29) is 17.9 Å². The van der Waals surface area contributed by atoms with Crippen LogP contribution in [-0.2, 0) is 14.3 Å². The minimum absolute atomic E-state index is 0.00245. The number of carbonyl (C=O) groups is 4. The number of alkyl halides is 2. The summed E-state index contributed by atoms with van der Waals surface area (Å²) in [7, 11) is 0. The van der Waals surface area contributed by atoms with Gasteiger partial charge in [0.1, 0.15) is 11.3 Å². The molecule has 1 aliphatic rings. The number of imide groups is 1. The van der Waals surface area contributed by atoms with Gasteiger partial charge in [-0.3, -0.25) is 14.5 Å². The molecule has 0 bridgehead atoms. The van der Waals surface area contributed by atoms with E-state index >= 15 is 0 Å². The Balaban J connectivity index is 1.52. The minimum atomic E-state index is -2.54. The van der Waals surface area contributed by atoms with Crippen LogP contribution in [0.2, 0.25) is 0 Å². The summed E-state index contributed by atoms with van der Waals surface area (Å²) < 4.78 is 35.1. The number of nitrogens with zero attached hydrogens (tertiary/aromatic N) is 1. The van der Waals surface area contributed by atoms with Crippen molar-refractivity contribution in [3.05, 3.63) is 54.1 Å². The molecule has 4 amide bonds. The van der Waals surface area contributed by atoms with Gasteiger partial charge in [-0.15, -0.1) is 0 Å². The van der Waals surface area contributed by atoms with Crippen molar-refractivity contribution in [2.24, 2.45) is 0 Å². The lowest BCUT2D eigenvalue weighted by Gasteiger charge is -2.14. The van der Waals surface area contributed by atoms with Gasteiger partial charge in [-0.1, -0.05) is 23.9 Å². The van der Waals surface area contributed by atoms with Crippen molar-refractivity contribution in [3.63, 3.8) is 0 Å². The Morgan fingerprint density at radius 1 is 1.09 bits per heavy atom. The maximum atomic E-state index is 12.4. The van der Waals surface area contributed by atoms with Crippen LogP contribution < -0.4 is 15.4 Å². The summed E-state index contributed by atoms with van der Waals surface area (Å²) in [5.74, 6) is -4.53. The first-order chi connectivity index (χ1) is 15.8. The van der Waals surface area contributed by atoms with Gasteiger partial charge in [-0.2, -0.15) is 8.78 Å². The second-order valence-corrected chi connectivity index (χ2v) is 7.65. The van der Waals surface area contributed by atoms with Crippen LogP contribution in [0.25, 0.3) is 0 Å². The highest BCUT2D eigenvalue weighted by atomic mass is 32.2. The Labute approximate surface area is 191 Å². The van der Waals surface area contributed by atoms with Crippen molar-refractivity contribution < 1.29 is 37.4 Å². The van der Waals surface area contributed by atoms with Gasteiger partial charge in [0.2, 0.25) is 0 Å². The molecule has 12 heteroatoms. The Kier molecular flexibility index (Phi) is 8.19. The third-order valence-electron chi connectivity index (χ3n) is 4.31. The van der Waals surface area contributed by atoms with Crippen molar-refractivity contribution in [1.29, 1.82) is 0 Å². The lowest BCUT2D eigenvalue weighted by Crippen LogP contribution is -2.37. The fraction of sp³-hybridized carbons (Fsp3) is 0.238. The molecule has 3 rings (SSSR count). The van der Waals surface area contributed by atoms with E-state index in [2.05, 4.69) is 10.6 Å². The molecule has 0 unspecified atom stereocenters. The summed E-state index contributed by atoms with van der Waals surface area (Å²) in [5.41, 5.74) is 0.386. The molecule has 1 aliphatic heterocycles. The van der Waals surface area contributed by atoms with E-state index < -0.39 is 42.8 Å². The summed E-state index contributed by atoms with van der Waals surface area (Å²) in [5, 5.41) is 5.02. The number of benzene rings is 2. The average molecular weight is 479 g/mol. The molecule has 1 fully saturated rings. The zero-order chi connectivity index (χ0) is 23.8. The van der Waals surface area contributed by atoms with Crippen LogP contribution >= 0.6 is 11.8 Å². The van der Waals surface area contributed by atoms with Gasteiger partial charge < -0.3 is 20.1 Å². The number of ether oxygens (including phenoxy) is 2. The summed E-state index contributed by atoms with van der Waals surface area (Å²) in [4.78, 5) is 49.3. The van der Waals surface area contributed by atoms with Gasteiger partial charge in [0, 0.05) is 23.7 Å². The monoisotopic (exact) mass is 479 g/mol. The molecular formula is C21H19F2N3O6S. The van der Waals surface area contributed by atoms with Gasteiger partial charge in [-0.05, 0) is 36.4 Å². The highest BCUT2D eigenvalue weighted by Gasteiger charge is 2.27. The number of halogens is 2. The van der Waals surface area contributed by atoms with E-state index in [4.69, 9.17) is 9.47 Å². The Hall–Kier alpha value is -3.67. The van der Waals surface area contributed by atoms with Crippen LogP contribution in [0.5, 0.6) is 5.75 Å². The molecule has 0 atom stereocenters. The van der Waals surface area contributed by atoms with E-state index in [0.29, 0.717) is 28.9 Å². The molecule has 0 aromatic heterocycles. The maximum Gasteiger partial charge on any atom is 0.342 e. The number of thioether (sulfide) groups is 1. The SMILES string of the molecule is O=C(COc1ccccc1C(=O)OCC(=O)N1CCNC1=O)Nc1ccc(SC(F)F)cc1. The van der Waals surface area contributed by atoms with Crippen LogP contribution in [0, 0.1) is 0 Å². The molecule has 174 valence electrons. The van der Waals surface area contributed by atoms with E-state index in [0.717, 1.165) is 4.90 Å². The van der Waals surface area contributed by atoms with Gasteiger partial charge in [0.25, 0.3) is 17.6 Å². The molecule has 2 N–H and O–H groups in total. The Bertz CT molecular complexity index is 1030. The second-order valence-electron chi connectivity index (χ2n) is 6.59. The van der Waals surface area contributed by atoms with Crippen molar-refractivity contribution >= 4 is 41.3 Å². The zero-order valence-electron chi connectivity index (χ0n) is 17.1. The van der Waals surface area contributed by atoms with Crippen LogP contribution in [0.15, 0.2) is 53.4 Å². The van der Waals surface area contributed by atoms with Crippen LogP contribution in [0.4, 0.5) is 19.3 Å². The lowest BCUT2D eigenvalue weighted by atomic mass is 10.2. The van der Waals surface area contributed by atoms with Crippen LogP contribution in [0.1, 0.15) is 10.4 Å². The number of urea groups is 1. The molecule has 0 aliphatic carbocycles. The normalized spacial score (nSPS) is 12.9. The number of nitrogens with one attached hydrogen (secondary N) is 2. The number of amides is 4. The second kappa shape index (κ2) is 11.3. The summed E-state index contributed by atoms with van der Waals surface area (Å²) in [6.07, 6.45) is 0. The third kappa shape index (κ3) is 6.91. The number of esters is 1. The number of rotatable bonds is 9. The predicted octanol–water partition coefficient (Wildman–Crippen LogP) is 2.73. The predicted molar refractivity (Wildman–Crippen MR) is 114 cm³/mol. The van der Waals surface area contributed by atoms with Gasteiger partial charge >= 0.3 is 12.0 Å². The van der Waals surface area contributed by atoms with Crippen LogP contribution in [-0.4, -0.2) is 60.8 Å². The molecule has 0 radical (unpaired) electrons. The third-order valence-corrected chi connectivity index (χ3v) is 5.04. The number of carbonyl (C=O) groups excluding carboxylic acids is 4. The van der Waals surface area contributed by atoms with Gasteiger partial charge in [0.05, 0.1) is 0 Å². The first kappa shape index (κ1) is 24.0. The number of hydrogen-bond acceptors (Lipinski definition) is 7. The largest absolute Gasteiger partial charge is 0.483 e. The van der Waals surface area contributed by atoms with E-state index in [1.54, 1.807) is 12.1 Å². The molecule has 2 aromatic carbocycles. The average Bonchev–Trinajstić information content (AvgIpc) is 3.23. The van der Waals surface area contributed by atoms with E-state index in [9.17, 15) is 28.0 Å². The summed E-state index contributed by atoms with van der Waals surface area (Å²) in [6, 6.07) is 11.3. The zero-order valence-corrected chi connectivity index (χ0v) is 17.9. The molecular weight excluding hydrogens is 460 g/mol. The first-order valence-electron chi connectivity index (χ1n) is 9.65. The molecule has 33 heavy (non-hydrogen) atoms. The van der Waals surface area contributed by atoms with Crippen molar-refractivity contribution in [2.45, 2.75) is 10.7 Å². The van der Waals surface area contributed by atoms with Crippen LogP contribution in [0.3, 0.4) is 0 Å². The maximum absolute atomic E-state index is 12.4. The number of hydrogen-bond donors (Lipinski definition) is 2. The fourth-order valence-corrected chi connectivity index (χ4v) is 3.31. The molecule has 0 spiro atoms. The Morgan fingerprint density at radius 3 is 2.48 bits per heavy atom. The molecule has 1 heterocycles. The standard InChI is InChI=1S/C21H19F2N3O6S/c22-20(23)33-14-7-5-13(6-8-14)25-17(27)11-31-16-4-2-1-3-15(16)19(29)32-12-18(28)26-10-9-24-21(26)30/h1-8,20H,9-12H2,(H,24,30)(H,25,27). The van der Waals surface area contributed by atoms with Gasteiger partial charge in [0.15, 0.2) is 13.2 Å². The van der Waals surface area contributed by atoms with E-state index in [1.165, 1.54) is 36.4 Å². The quantitative estimate of drug-likeness (QED) is 0.420. The molecule has 9 nitrogen and oxygen atoms in total. The number of anilines is 1. The summed E-state index contributed by atoms with van der Waals surface area (Å²) >= 11 is 0.393. The van der Waals surface area contributed by atoms with E-state index in [1.807, 2.05) is 0 Å². The first-order valence-corrected chi connectivity index (χ1v) is 10.5. The lowest BCUT2D eigenvalue weighted by molar-refractivity contribution is -0.130. The summed E-state index contributed by atoms with van der Waals surface area (Å²) in [6.45, 7) is -0.542.